The molecule has 5 nitrogen and oxygen atoms in total. The van der Waals surface area contributed by atoms with Gasteiger partial charge in [0.2, 0.25) is 0 Å². The lowest BCUT2D eigenvalue weighted by Gasteiger charge is -2.31. The quantitative estimate of drug-likeness (QED) is 0.220. The normalized spacial score (nSPS) is 12.0. The molecule has 180 valence electrons. The molecular formula is C29H30BrN3O2. The van der Waals surface area contributed by atoms with Gasteiger partial charge in [0.25, 0.3) is 11.5 Å². The molecule has 1 amide bonds. The first kappa shape index (κ1) is 24.9. The van der Waals surface area contributed by atoms with Gasteiger partial charge in [-0.25, -0.2) is 4.98 Å². The first-order valence-corrected chi connectivity index (χ1v) is 12.9. The highest BCUT2D eigenvalue weighted by molar-refractivity contribution is 9.10. The molecule has 3 aromatic carbocycles. The zero-order valence-corrected chi connectivity index (χ0v) is 21.7. The van der Waals surface area contributed by atoms with Gasteiger partial charge in [-0.2, -0.15) is 0 Å². The summed E-state index contributed by atoms with van der Waals surface area (Å²) in [5.41, 5.74) is 1.84. The van der Waals surface area contributed by atoms with Crippen LogP contribution in [0.5, 0.6) is 0 Å². The largest absolute Gasteiger partial charge is 0.329 e. The minimum atomic E-state index is -0.412. The molecule has 35 heavy (non-hydrogen) atoms. The molecule has 0 aliphatic heterocycles. The number of hydrogen-bond donors (Lipinski definition) is 0. The lowest BCUT2D eigenvalue weighted by Crippen LogP contribution is -2.38. The summed E-state index contributed by atoms with van der Waals surface area (Å²) in [4.78, 5) is 34.2. The van der Waals surface area contributed by atoms with Gasteiger partial charge in [0.05, 0.1) is 22.6 Å². The molecule has 1 unspecified atom stereocenters. The summed E-state index contributed by atoms with van der Waals surface area (Å²) >= 11 is 3.48. The van der Waals surface area contributed by atoms with Crippen molar-refractivity contribution in [3.63, 3.8) is 0 Å². The van der Waals surface area contributed by atoms with E-state index in [-0.39, 0.29) is 11.5 Å². The van der Waals surface area contributed by atoms with Crippen molar-refractivity contribution in [2.24, 2.45) is 0 Å². The molecule has 4 aromatic rings. The van der Waals surface area contributed by atoms with Gasteiger partial charge in [0, 0.05) is 16.6 Å². The maximum atomic E-state index is 13.7. The second-order valence-electron chi connectivity index (χ2n) is 8.71. The van der Waals surface area contributed by atoms with E-state index in [1.807, 2.05) is 84.6 Å². The first-order chi connectivity index (χ1) is 17.0. The van der Waals surface area contributed by atoms with Crippen LogP contribution in [0.1, 0.15) is 61.8 Å². The molecule has 0 aliphatic carbocycles. The van der Waals surface area contributed by atoms with Crippen LogP contribution in [0.15, 0.2) is 88.1 Å². The molecule has 1 heterocycles. The van der Waals surface area contributed by atoms with Crippen molar-refractivity contribution in [2.75, 3.05) is 6.54 Å². The molecule has 4 rings (SSSR count). The number of amides is 1. The Morgan fingerprint density at radius 1 is 0.943 bits per heavy atom. The van der Waals surface area contributed by atoms with Crippen LogP contribution in [-0.4, -0.2) is 26.9 Å². The third kappa shape index (κ3) is 5.54. The summed E-state index contributed by atoms with van der Waals surface area (Å²) in [7, 11) is 0. The molecule has 0 spiro atoms. The van der Waals surface area contributed by atoms with Crippen molar-refractivity contribution in [1.82, 2.24) is 14.5 Å². The highest BCUT2D eigenvalue weighted by Gasteiger charge is 2.27. The van der Waals surface area contributed by atoms with Crippen molar-refractivity contribution in [3.05, 3.63) is 105 Å². The molecule has 1 aromatic heterocycles. The Bertz CT molecular complexity index is 1350. The number of rotatable bonds is 9. The highest BCUT2D eigenvalue weighted by atomic mass is 79.9. The number of carbonyl (C=O) groups excluding carboxylic acids is 1. The second kappa shape index (κ2) is 11.5. The summed E-state index contributed by atoms with van der Waals surface area (Å²) in [6.07, 6.45) is 4.19. The van der Waals surface area contributed by atoms with Gasteiger partial charge < -0.3 is 4.90 Å². The minimum absolute atomic E-state index is 0.0561. The molecule has 0 bridgehead atoms. The van der Waals surface area contributed by atoms with E-state index in [1.54, 1.807) is 10.6 Å². The number of nitrogens with zero attached hydrogens (tertiary/aromatic N) is 3. The average molecular weight is 532 g/mol. The fraction of sp³-hybridized carbons (Fsp3) is 0.276. The van der Waals surface area contributed by atoms with Gasteiger partial charge in [0.1, 0.15) is 5.82 Å². The van der Waals surface area contributed by atoms with Crippen molar-refractivity contribution in [2.45, 2.75) is 45.6 Å². The van der Waals surface area contributed by atoms with Crippen molar-refractivity contribution in [3.8, 4) is 5.69 Å². The molecule has 6 heteroatoms. The predicted octanol–water partition coefficient (Wildman–Crippen LogP) is 6.93. The fourth-order valence-electron chi connectivity index (χ4n) is 4.34. The molecule has 0 fully saturated rings. The van der Waals surface area contributed by atoms with E-state index < -0.39 is 6.04 Å². The first-order valence-electron chi connectivity index (χ1n) is 12.1. The molecule has 0 saturated carbocycles. The molecular weight excluding hydrogens is 502 g/mol. The van der Waals surface area contributed by atoms with Gasteiger partial charge in [-0.05, 0) is 61.9 Å². The maximum Gasteiger partial charge on any atom is 0.266 e. The number of hydrogen-bond acceptors (Lipinski definition) is 3. The zero-order chi connectivity index (χ0) is 24.8. The van der Waals surface area contributed by atoms with Crippen molar-refractivity contribution in [1.29, 1.82) is 0 Å². The van der Waals surface area contributed by atoms with Gasteiger partial charge in [-0.1, -0.05) is 72.4 Å². The van der Waals surface area contributed by atoms with Crippen molar-refractivity contribution >= 4 is 32.7 Å². The minimum Gasteiger partial charge on any atom is -0.329 e. The number of carbonyl (C=O) groups is 1. The smallest absolute Gasteiger partial charge is 0.266 e. The third-order valence-corrected chi connectivity index (χ3v) is 6.79. The predicted molar refractivity (Wildman–Crippen MR) is 145 cm³/mol. The van der Waals surface area contributed by atoms with Crippen LogP contribution in [0, 0.1) is 0 Å². The Morgan fingerprint density at radius 2 is 1.63 bits per heavy atom. The van der Waals surface area contributed by atoms with E-state index in [1.165, 1.54) is 0 Å². The van der Waals surface area contributed by atoms with Gasteiger partial charge >= 0.3 is 0 Å². The highest BCUT2D eigenvalue weighted by Crippen LogP contribution is 2.26. The maximum absolute atomic E-state index is 13.7. The van der Waals surface area contributed by atoms with Crippen LogP contribution in [0.25, 0.3) is 16.6 Å². The van der Waals surface area contributed by atoms with Crippen LogP contribution >= 0.6 is 15.9 Å². The molecule has 0 radical (unpaired) electrons. The Balaban J connectivity index is 1.84. The van der Waals surface area contributed by atoms with E-state index in [2.05, 4.69) is 22.9 Å². The number of benzene rings is 3. The number of para-hydroxylation sites is 1. The average Bonchev–Trinajstić information content (AvgIpc) is 2.89. The number of halogens is 1. The van der Waals surface area contributed by atoms with Gasteiger partial charge in [0.15, 0.2) is 0 Å². The van der Waals surface area contributed by atoms with Gasteiger partial charge in [-0.3, -0.25) is 14.2 Å². The summed E-state index contributed by atoms with van der Waals surface area (Å²) in [5, 5.41) is 0.551. The summed E-state index contributed by atoms with van der Waals surface area (Å²) in [6.45, 7) is 4.73. The summed E-state index contributed by atoms with van der Waals surface area (Å²) in [5.74, 6) is 0.496. The van der Waals surface area contributed by atoms with Gasteiger partial charge in [-0.15, -0.1) is 0 Å². The van der Waals surface area contributed by atoms with Crippen LogP contribution in [-0.2, 0) is 0 Å². The summed E-state index contributed by atoms with van der Waals surface area (Å²) < 4.78 is 2.57. The van der Waals surface area contributed by atoms with E-state index in [0.29, 0.717) is 28.8 Å². The lowest BCUT2D eigenvalue weighted by molar-refractivity contribution is 0.0677. The molecule has 0 N–H and O–H groups in total. The third-order valence-electron chi connectivity index (χ3n) is 6.26. The Morgan fingerprint density at radius 3 is 2.34 bits per heavy atom. The second-order valence-corrected chi connectivity index (χ2v) is 9.62. The molecule has 0 saturated heterocycles. The number of aromatic nitrogens is 2. The van der Waals surface area contributed by atoms with Crippen molar-refractivity contribution < 1.29 is 4.79 Å². The topological polar surface area (TPSA) is 55.2 Å². The Hall–Kier alpha value is -3.25. The van der Waals surface area contributed by atoms with Crippen LogP contribution < -0.4 is 5.56 Å². The van der Waals surface area contributed by atoms with Crippen LogP contribution in [0.2, 0.25) is 0 Å². The summed E-state index contributed by atoms with van der Waals surface area (Å²) in [6, 6.07) is 23.9. The van der Waals surface area contributed by atoms with E-state index >= 15 is 0 Å². The van der Waals surface area contributed by atoms with E-state index in [4.69, 9.17) is 4.98 Å². The lowest BCUT2D eigenvalue weighted by atomic mass is 10.1. The van der Waals surface area contributed by atoms with E-state index in [0.717, 1.165) is 35.8 Å². The zero-order valence-electron chi connectivity index (χ0n) is 20.2. The number of unbranched alkanes of at least 4 members (excludes halogenated alkanes) is 3. The monoisotopic (exact) mass is 531 g/mol. The van der Waals surface area contributed by atoms with Crippen LogP contribution in [0.3, 0.4) is 0 Å². The number of fused-ring (bicyclic) bond motifs is 1. The Labute approximate surface area is 214 Å². The van der Waals surface area contributed by atoms with Crippen LogP contribution in [0.4, 0.5) is 0 Å². The molecule has 0 aliphatic rings. The molecule has 1 atom stereocenters. The fourth-order valence-corrected chi connectivity index (χ4v) is 4.60. The SMILES string of the molecule is CCCCCCN(C(=O)c1ccccc1)C(C)c1nc2ccccc2c(=O)n1-c1ccc(Br)cc1. The Kier molecular flexibility index (Phi) is 8.13. The van der Waals surface area contributed by atoms with E-state index in [9.17, 15) is 9.59 Å². The standard InChI is InChI=1S/C29H30BrN3O2/c1-3-4-5-11-20-32(28(34)22-12-7-6-8-13-22)21(2)27-31-26-15-10-9-14-25(26)29(35)33(27)24-18-16-23(30)17-19-24/h6-10,12-19,21H,3-5,11,20H2,1-2H3.